The molecule has 0 bridgehead atoms. The number of carbonyl (C=O) groups is 1. The van der Waals surface area contributed by atoms with E-state index in [4.69, 9.17) is 4.74 Å². The fourth-order valence-electron chi connectivity index (χ4n) is 3.23. The minimum absolute atomic E-state index is 0.137. The number of nitrogens with zero attached hydrogens (tertiary/aromatic N) is 3. The van der Waals surface area contributed by atoms with Crippen LogP contribution in [0.2, 0.25) is 0 Å². The van der Waals surface area contributed by atoms with Gasteiger partial charge in [-0.15, -0.1) is 0 Å². The van der Waals surface area contributed by atoms with Gasteiger partial charge >= 0.3 is 0 Å². The van der Waals surface area contributed by atoms with E-state index in [0.717, 1.165) is 5.56 Å². The maximum absolute atomic E-state index is 12.9. The number of fused-ring (bicyclic) bond motifs is 1. The van der Waals surface area contributed by atoms with Gasteiger partial charge in [0.2, 0.25) is 5.88 Å². The summed E-state index contributed by atoms with van der Waals surface area (Å²) in [6.07, 6.45) is 1.66. The summed E-state index contributed by atoms with van der Waals surface area (Å²) < 4.78 is 6.57. The normalized spacial score (nSPS) is 10.7. The fourth-order valence-corrected chi connectivity index (χ4v) is 3.23. The molecule has 0 atom stereocenters. The van der Waals surface area contributed by atoms with E-state index in [9.17, 15) is 9.59 Å². The number of benzene rings is 2. The number of rotatable bonds is 5. The van der Waals surface area contributed by atoms with Crippen LogP contribution in [0.4, 0.5) is 0 Å². The van der Waals surface area contributed by atoms with E-state index in [-0.39, 0.29) is 11.5 Å². The van der Waals surface area contributed by atoms with Gasteiger partial charge in [0.1, 0.15) is 5.82 Å². The summed E-state index contributed by atoms with van der Waals surface area (Å²) in [6.45, 7) is 2.14. The van der Waals surface area contributed by atoms with E-state index in [1.165, 1.54) is 0 Å². The molecule has 2 aromatic heterocycles. The third kappa shape index (κ3) is 3.77. The van der Waals surface area contributed by atoms with Crippen molar-refractivity contribution in [3.63, 3.8) is 0 Å². The van der Waals surface area contributed by atoms with Gasteiger partial charge in [-0.05, 0) is 48.9 Å². The molecule has 0 saturated carbocycles. The Morgan fingerprint density at radius 1 is 1.07 bits per heavy atom. The third-order valence-electron chi connectivity index (χ3n) is 4.79. The molecule has 30 heavy (non-hydrogen) atoms. The zero-order valence-corrected chi connectivity index (χ0v) is 16.6. The Hall–Kier alpha value is -4.00. The van der Waals surface area contributed by atoms with Gasteiger partial charge in [-0.3, -0.25) is 14.2 Å². The quantitative estimate of drug-likeness (QED) is 0.557. The van der Waals surface area contributed by atoms with Gasteiger partial charge < -0.3 is 10.1 Å². The van der Waals surface area contributed by atoms with E-state index < -0.39 is 0 Å². The molecule has 4 rings (SSSR count). The zero-order chi connectivity index (χ0) is 21.1. The van der Waals surface area contributed by atoms with Crippen molar-refractivity contribution in [2.75, 3.05) is 7.11 Å². The Bertz CT molecular complexity index is 1260. The highest BCUT2D eigenvalue weighted by molar-refractivity contribution is 5.94. The smallest absolute Gasteiger partial charge is 0.265 e. The Labute approximate surface area is 173 Å². The Kier molecular flexibility index (Phi) is 5.26. The van der Waals surface area contributed by atoms with Crippen LogP contribution in [-0.4, -0.2) is 27.6 Å². The van der Waals surface area contributed by atoms with Crippen molar-refractivity contribution in [1.82, 2.24) is 19.9 Å². The molecule has 150 valence electrons. The molecule has 0 fully saturated rings. The van der Waals surface area contributed by atoms with Crippen LogP contribution >= 0.6 is 0 Å². The number of carbonyl (C=O) groups excluding carboxylic acids is 1. The molecule has 1 amide bonds. The molecule has 2 aromatic carbocycles. The van der Waals surface area contributed by atoms with Crippen LogP contribution in [0.3, 0.4) is 0 Å². The van der Waals surface area contributed by atoms with Crippen LogP contribution in [-0.2, 0) is 6.54 Å². The van der Waals surface area contributed by atoms with E-state index in [1.807, 2.05) is 24.3 Å². The van der Waals surface area contributed by atoms with Crippen molar-refractivity contribution in [1.29, 1.82) is 0 Å². The average molecular weight is 400 g/mol. The Morgan fingerprint density at radius 3 is 2.53 bits per heavy atom. The third-order valence-corrected chi connectivity index (χ3v) is 4.79. The highest BCUT2D eigenvalue weighted by atomic mass is 16.5. The molecule has 0 saturated heterocycles. The molecule has 0 aliphatic rings. The fraction of sp³-hybridized carbons (Fsp3) is 0.130. The molecule has 7 nitrogen and oxygen atoms in total. The largest absolute Gasteiger partial charge is 0.481 e. The van der Waals surface area contributed by atoms with Crippen LogP contribution < -0.4 is 15.6 Å². The standard InChI is InChI=1S/C23H20N4O3/c1-15-26-20-6-4-3-5-19(20)23(29)27(15)18-10-8-17(9-11-18)22(28)25-14-16-7-12-21(30-2)24-13-16/h3-13H,14H2,1-2H3,(H,25,28). The van der Waals surface area contributed by atoms with Crippen molar-refractivity contribution >= 4 is 16.8 Å². The second kappa shape index (κ2) is 8.16. The summed E-state index contributed by atoms with van der Waals surface area (Å²) in [5.41, 5.74) is 2.55. The molecule has 2 heterocycles. The van der Waals surface area contributed by atoms with Gasteiger partial charge in [-0.1, -0.05) is 18.2 Å². The molecule has 4 aromatic rings. The first-order valence-corrected chi connectivity index (χ1v) is 9.43. The number of nitrogens with one attached hydrogen (secondary N) is 1. The topological polar surface area (TPSA) is 86.1 Å². The summed E-state index contributed by atoms with van der Waals surface area (Å²) >= 11 is 0. The zero-order valence-electron chi connectivity index (χ0n) is 16.6. The number of hydrogen-bond acceptors (Lipinski definition) is 5. The summed E-state index contributed by atoms with van der Waals surface area (Å²) in [4.78, 5) is 34.0. The second-order valence-electron chi connectivity index (χ2n) is 6.76. The molecule has 0 unspecified atom stereocenters. The summed E-state index contributed by atoms with van der Waals surface area (Å²) in [5.74, 6) is 0.898. The molecule has 7 heteroatoms. The average Bonchev–Trinajstić information content (AvgIpc) is 2.78. The molecule has 1 N–H and O–H groups in total. The predicted molar refractivity (Wildman–Crippen MR) is 114 cm³/mol. The van der Waals surface area contributed by atoms with Crippen molar-refractivity contribution in [2.24, 2.45) is 0 Å². The van der Waals surface area contributed by atoms with Crippen molar-refractivity contribution in [3.05, 3.63) is 94.2 Å². The van der Waals surface area contributed by atoms with Gasteiger partial charge in [0.15, 0.2) is 0 Å². The number of para-hydroxylation sites is 1. The Balaban J connectivity index is 1.53. The minimum atomic E-state index is -0.210. The lowest BCUT2D eigenvalue weighted by molar-refractivity contribution is 0.0951. The van der Waals surface area contributed by atoms with Gasteiger partial charge in [-0.25, -0.2) is 9.97 Å². The lowest BCUT2D eigenvalue weighted by Crippen LogP contribution is -2.24. The maximum atomic E-state index is 12.9. The molecule has 0 aliphatic heterocycles. The van der Waals surface area contributed by atoms with E-state index >= 15 is 0 Å². The minimum Gasteiger partial charge on any atom is -0.481 e. The van der Waals surface area contributed by atoms with E-state index in [0.29, 0.717) is 40.4 Å². The lowest BCUT2D eigenvalue weighted by Gasteiger charge is -2.11. The van der Waals surface area contributed by atoms with Crippen LogP contribution in [0, 0.1) is 6.92 Å². The van der Waals surface area contributed by atoms with Gasteiger partial charge in [0.25, 0.3) is 11.5 Å². The first kappa shape index (κ1) is 19.3. The van der Waals surface area contributed by atoms with Crippen molar-refractivity contribution < 1.29 is 9.53 Å². The number of methoxy groups -OCH3 is 1. The lowest BCUT2D eigenvalue weighted by atomic mass is 10.1. The number of aromatic nitrogens is 3. The van der Waals surface area contributed by atoms with Crippen LogP contribution in [0.25, 0.3) is 16.6 Å². The SMILES string of the molecule is COc1ccc(CNC(=O)c2ccc(-n3c(C)nc4ccccc4c3=O)cc2)cn1. The van der Waals surface area contributed by atoms with E-state index in [2.05, 4.69) is 15.3 Å². The number of amides is 1. The first-order valence-electron chi connectivity index (χ1n) is 9.43. The van der Waals surface area contributed by atoms with Crippen LogP contribution in [0.15, 0.2) is 71.7 Å². The Morgan fingerprint density at radius 2 is 1.83 bits per heavy atom. The number of hydrogen-bond donors (Lipinski definition) is 1. The second-order valence-corrected chi connectivity index (χ2v) is 6.76. The first-order chi connectivity index (χ1) is 14.6. The van der Waals surface area contributed by atoms with Crippen LogP contribution in [0.5, 0.6) is 5.88 Å². The molecular formula is C23H20N4O3. The predicted octanol–water partition coefficient (Wildman–Crippen LogP) is 3.03. The molecule has 0 spiro atoms. The number of pyridine rings is 1. The highest BCUT2D eigenvalue weighted by Crippen LogP contribution is 2.14. The van der Waals surface area contributed by atoms with Gasteiger partial charge in [0, 0.05) is 24.4 Å². The van der Waals surface area contributed by atoms with Crippen molar-refractivity contribution in [3.8, 4) is 11.6 Å². The van der Waals surface area contributed by atoms with Gasteiger partial charge in [-0.2, -0.15) is 0 Å². The summed E-state index contributed by atoms with van der Waals surface area (Å²) in [5, 5.41) is 3.41. The molecule has 0 radical (unpaired) electrons. The summed E-state index contributed by atoms with van der Waals surface area (Å²) in [7, 11) is 1.55. The molecular weight excluding hydrogens is 380 g/mol. The van der Waals surface area contributed by atoms with Crippen LogP contribution in [0.1, 0.15) is 21.7 Å². The molecule has 0 aliphatic carbocycles. The summed E-state index contributed by atoms with van der Waals surface area (Å²) in [6, 6.07) is 17.7. The van der Waals surface area contributed by atoms with Gasteiger partial charge in [0.05, 0.1) is 23.7 Å². The maximum Gasteiger partial charge on any atom is 0.265 e. The van der Waals surface area contributed by atoms with E-state index in [1.54, 1.807) is 61.2 Å². The monoisotopic (exact) mass is 400 g/mol. The van der Waals surface area contributed by atoms with Crippen molar-refractivity contribution in [2.45, 2.75) is 13.5 Å². The highest BCUT2D eigenvalue weighted by Gasteiger charge is 2.11. The number of aryl methyl sites for hydroxylation is 1. The number of ether oxygens (including phenoxy) is 1.